The maximum absolute atomic E-state index is 8.98. The van der Waals surface area contributed by atoms with E-state index in [0.29, 0.717) is 5.88 Å². The van der Waals surface area contributed by atoms with E-state index in [1.54, 1.807) is 12.3 Å². The highest BCUT2D eigenvalue weighted by Crippen LogP contribution is 2.16. The van der Waals surface area contributed by atoms with Crippen LogP contribution in [0.3, 0.4) is 0 Å². The Morgan fingerprint density at radius 3 is 3.00 bits per heavy atom. The fourth-order valence-electron chi connectivity index (χ4n) is 0.924. The molecule has 1 aromatic rings. The van der Waals surface area contributed by atoms with Crippen molar-refractivity contribution in [2.75, 3.05) is 0 Å². The molecule has 13 heavy (non-hydrogen) atoms. The van der Waals surface area contributed by atoms with E-state index in [1.165, 1.54) is 0 Å². The predicted octanol–water partition coefficient (Wildman–Crippen LogP) is 1.75. The lowest BCUT2D eigenvalue weighted by atomic mass is 10.3. The van der Waals surface area contributed by atoms with Crippen LogP contribution in [0.1, 0.15) is 25.8 Å². The quantitative estimate of drug-likeness (QED) is 0.769. The average Bonchev–Trinajstić information content (AvgIpc) is 2.18. The molecule has 0 amide bonds. The monoisotopic (exact) mass is 181 g/mol. The van der Waals surface area contributed by atoms with Gasteiger partial charge >= 0.3 is 0 Å². The first-order chi connectivity index (χ1) is 6.27. The summed E-state index contributed by atoms with van der Waals surface area (Å²) >= 11 is 0. The Balaban J connectivity index is 2.74. The Labute approximate surface area is 78.4 Å². The van der Waals surface area contributed by atoms with Gasteiger partial charge in [0.2, 0.25) is 5.88 Å². The van der Waals surface area contributed by atoms with Crippen LogP contribution in [0.2, 0.25) is 0 Å². The van der Waals surface area contributed by atoms with Crippen LogP contribution in [-0.4, -0.2) is 16.2 Å². The normalized spacial score (nSPS) is 12.5. The molecule has 1 unspecified atom stereocenters. The van der Waals surface area contributed by atoms with Gasteiger partial charge in [-0.15, -0.1) is 0 Å². The summed E-state index contributed by atoms with van der Waals surface area (Å²) < 4.78 is 5.51. The smallest absolute Gasteiger partial charge is 0.219 e. The van der Waals surface area contributed by atoms with E-state index in [1.807, 2.05) is 19.9 Å². The van der Waals surface area contributed by atoms with E-state index >= 15 is 0 Å². The van der Waals surface area contributed by atoms with Crippen molar-refractivity contribution in [2.24, 2.45) is 0 Å². The van der Waals surface area contributed by atoms with Crippen LogP contribution < -0.4 is 4.74 Å². The molecule has 1 N–H and O–H groups in total. The molecule has 0 aliphatic heterocycles. The summed E-state index contributed by atoms with van der Waals surface area (Å²) in [6.07, 6.45) is 2.73. The lowest BCUT2D eigenvalue weighted by Crippen LogP contribution is -2.12. The molecule has 1 atom stereocenters. The third kappa shape index (κ3) is 2.70. The predicted molar refractivity (Wildman–Crippen MR) is 50.5 cm³/mol. The topological polar surface area (TPSA) is 42.4 Å². The Morgan fingerprint density at radius 1 is 1.62 bits per heavy atom. The van der Waals surface area contributed by atoms with Gasteiger partial charge in [-0.1, -0.05) is 6.92 Å². The second kappa shape index (κ2) is 4.82. The first-order valence-corrected chi connectivity index (χ1v) is 4.49. The van der Waals surface area contributed by atoms with Crippen molar-refractivity contribution in [1.82, 2.24) is 4.98 Å². The first-order valence-electron chi connectivity index (χ1n) is 4.49. The number of aromatic nitrogens is 1. The van der Waals surface area contributed by atoms with E-state index < -0.39 is 0 Å². The molecule has 0 saturated carbocycles. The average molecular weight is 181 g/mol. The van der Waals surface area contributed by atoms with Crippen molar-refractivity contribution >= 4 is 0 Å². The van der Waals surface area contributed by atoms with Crippen LogP contribution in [-0.2, 0) is 6.61 Å². The van der Waals surface area contributed by atoms with Gasteiger partial charge in [-0.3, -0.25) is 0 Å². The minimum absolute atomic E-state index is 0.0282. The Kier molecular flexibility index (Phi) is 3.71. The largest absolute Gasteiger partial charge is 0.474 e. The van der Waals surface area contributed by atoms with Gasteiger partial charge in [0.1, 0.15) is 0 Å². The number of ether oxygens (including phenoxy) is 1. The zero-order valence-corrected chi connectivity index (χ0v) is 8.03. The summed E-state index contributed by atoms with van der Waals surface area (Å²) in [5.41, 5.74) is 0.739. The van der Waals surface area contributed by atoms with Crippen LogP contribution in [0, 0.1) is 0 Å². The number of aliphatic hydroxyl groups excluding tert-OH is 1. The van der Waals surface area contributed by atoms with Gasteiger partial charge in [-0.25, -0.2) is 4.98 Å². The Hall–Kier alpha value is -1.09. The van der Waals surface area contributed by atoms with Crippen molar-refractivity contribution in [2.45, 2.75) is 33.0 Å². The molecule has 72 valence electrons. The number of pyridine rings is 1. The molecular formula is C10H15NO2. The molecular weight excluding hydrogens is 166 g/mol. The molecule has 0 bridgehead atoms. The summed E-state index contributed by atoms with van der Waals surface area (Å²) in [5.74, 6) is 0.541. The van der Waals surface area contributed by atoms with Gasteiger partial charge in [-0.2, -0.15) is 0 Å². The summed E-state index contributed by atoms with van der Waals surface area (Å²) in [6, 6.07) is 3.60. The standard InChI is InChI=1S/C10H15NO2/c1-3-8(2)13-10-9(7-12)5-4-6-11-10/h4-6,8,12H,3,7H2,1-2H3. The highest BCUT2D eigenvalue weighted by Gasteiger charge is 2.06. The molecule has 0 aliphatic carbocycles. The van der Waals surface area contributed by atoms with Gasteiger partial charge in [0, 0.05) is 11.8 Å². The highest BCUT2D eigenvalue weighted by atomic mass is 16.5. The fourth-order valence-corrected chi connectivity index (χ4v) is 0.924. The summed E-state index contributed by atoms with van der Waals surface area (Å²) in [5, 5.41) is 8.98. The molecule has 0 saturated heterocycles. The van der Waals surface area contributed by atoms with Crippen molar-refractivity contribution in [3.63, 3.8) is 0 Å². The second-order valence-corrected chi connectivity index (χ2v) is 2.96. The first kappa shape index (κ1) is 9.99. The maximum atomic E-state index is 8.98. The van der Waals surface area contributed by atoms with Crippen LogP contribution >= 0.6 is 0 Å². The fraction of sp³-hybridized carbons (Fsp3) is 0.500. The van der Waals surface area contributed by atoms with E-state index in [0.717, 1.165) is 12.0 Å². The van der Waals surface area contributed by atoms with E-state index in [4.69, 9.17) is 9.84 Å². The number of aliphatic hydroxyl groups is 1. The van der Waals surface area contributed by atoms with Gasteiger partial charge in [0.25, 0.3) is 0 Å². The number of nitrogens with zero attached hydrogens (tertiary/aromatic N) is 1. The zero-order valence-electron chi connectivity index (χ0n) is 8.03. The summed E-state index contributed by atoms with van der Waals surface area (Å²) in [7, 11) is 0. The Morgan fingerprint density at radius 2 is 2.38 bits per heavy atom. The number of hydrogen-bond donors (Lipinski definition) is 1. The van der Waals surface area contributed by atoms with Crippen LogP contribution in [0.25, 0.3) is 0 Å². The maximum Gasteiger partial charge on any atom is 0.219 e. The molecule has 3 heteroatoms. The third-order valence-corrected chi connectivity index (χ3v) is 1.91. The highest BCUT2D eigenvalue weighted by molar-refractivity contribution is 5.24. The molecule has 1 aromatic heterocycles. The number of hydrogen-bond acceptors (Lipinski definition) is 3. The van der Waals surface area contributed by atoms with Gasteiger partial charge < -0.3 is 9.84 Å². The van der Waals surface area contributed by atoms with Crippen molar-refractivity contribution in [1.29, 1.82) is 0 Å². The molecule has 0 radical (unpaired) electrons. The lowest BCUT2D eigenvalue weighted by molar-refractivity contribution is 0.197. The second-order valence-electron chi connectivity index (χ2n) is 2.96. The van der Waals surface area contributed by atoms with Crippen LogP contribution in [0.15, 0.2) is 18.3 Å². The molecule has 1 rings (SSSR count). The minimum atomic E-state index is -0.0282. The minimum Gasteiger partial charge on any atom is -0.474 e. The Bertz CT molecular complexity index is 263. The molecule has 0 fully saturated rings. The molecule has 0 aromatic carbocycles. The van der Waals surface area contributed by atoms with Crippen molar-refractivity contribution < 1.29 is 9.84 Å². The van der Waals surface area contributed by atoms with Gasteiger partial charge in [0.05, 0.1) is 12.7 Å². The summed E-state index contributed by atoms with van der Waals surface area (Å²) in [4.78, 5) is 4.06. The zero-order chi connectivity index (χ0) is 9.68. The lowest BCUT2D eigenvalue weighted by Gasteiger charge is -2.13. The molecule has 3 nitrogen and oxygen atoms in total. The number of rotatable bonds is 4. The molecule has 1 heterocycles. The third-order valence-electron chi connectivity index (χ3n) is 1.91. The van der Waals surface area contributed by atoms with Crippen LogP contribution in [0.4, 0.5) is 0 Å². The SMILES string of the molecule is CCC(C)Oc1ncccc1CO. The molecule has 0 aliphatic rings. The van der Waals surface area contributed by atoms with Gasteiger partial charge in [0.15, 0.2) is 0 Å². The van der Waals surface area contributed by atoms with E-state index in [-0.39, 0.29) is 12.7 Å². The van der Waals surface area contributed by atoms with Crippen molar-refractivity contribution in [3.05, 3.63) is 23.9 Å². The summed E-state index contributed by atoms with van der Waals surface area (Å²) in [6.45, 7) is 4.00. The molecule has 0 spiro atoms. The van der Waals surface area contributed by atoms with E-state index in [9.17, 15) is 0 Å². The van der Waals surface area contributed by atoms with Crippen LogP contribution in [0.5, 0.6) is 5.88 Å². The van der Waals surface area contributed by atoms with Crippen molar-refractivity contribution in [3.8, 4) is 5.88 Å². The van der Waals surface area contributed by atoms with Gasteiger partial charge in [-0.05, 0) is 25.5 Å². The van der Waals surface area contributed by atoms with E-state index in [2.05, 4.69) is 4.98 Å².